The fourth-order valence-corrected chi connectivity index (χ4v) is 3.41. The summed E-state index contributed by atoms with van der Waals surface area (Å²) in [5, 5.41) is 28.0. The molecule has 1 aromatic carbocycles. The highest BCUT2D eigenvalue weighted by Gasteiger charge is 2.19. The minimum atomic E-state index is 0.0905. The van der Waals surface area contributed by atoms with Crippen molar-refractivity contribution >= 4 is 16.4 Å². The van der Waals surface area contributed by atoms with E-state index in [0.717, 1.165) is 22.0 Å². The maximum Gasteiger partial charge on any atom is 0.240 e. The first-order valence-corrected chi connectivity index (χ1v) is 10.0. The number of hydrogen-bond donors (Lipinski definition) is 1. The van der Waals surface area contributed by atoms with Crippen LogP contribution in [-0.2, 0) is 24.4 Å². The van der Waals surface area contributed by atoms with Gasteiger partial charge in [0.2, 0.25) is 11.7 Å². The number of methoxy groups -OCH3 is 1. The molecule has 0 saturated carbocycles. The first-order chi connectivity index (χ1) is 15.8. The molecule has 162 valence electrons. The number of rotatable bonds is 8. The number of pyridine rings is 1. The molecule has 0 aliphatic rings. The number of aliphatic hydroxyl groups excluding tert-OH is 1. The minimum Gasteiger partial charge on any atom is -0.470 e. The van der Waals surface area contributed by atoms with Crippen LogP contribution in [0.4, 0.5) is 0 Å². The molecule has 0 radical (unpaired) electrons. The molecule has 0 fully saturated rings. The fraction of sp³-hybridized carbons (Fsp3) is 0.227. The van der Waals surface area contributed by atoms with Crippen LogP contribution in [0.15, 0.2) is 53.2 Å². The number of benzene rings is 1. The summed E-state index contributed by atoms with van der Waals surface area (Å²) >= 11 is 0. The van der Waals surface area contributed by atoms with Gasteiger partial charge in [0.05, 0.1) is 5.69 Å². The van der Waals surface area contributed by atoms with E-state index < -0.39 is 0 Å². The zero-order valence-corrected chi connectivity index (χ0v) is 17.3. The Bertz CT molecular complexity index is 1360. The van der Waals surface area contributed by atoms with Crippen LogP contribution in [0.3, 0.4) is 0 Å². The zero-order valence-electron chi connectivity index (χ0n) is 17.3. The highest BCUT2D eigenvalue weighted by molar-refractivity contribution is 5.96. The van der Waals surface area contributed by atoms with Crippen molar-refractivity contribution in [1.82, 2.24) is 30.0 Å². The minimum absolute atomic E-state index is 0.0905. The van der Waals surface area contributed by atoms with E-state index in [2.05, 4.69) is 25.4 Å². The molecule has 4 aromatic heterocycles. The molecule has 1 N–H and O–H groups in total. The van der Waals surface area contributed by atoms with Crippen LogP contribution in [0, 0.1) is 0 Å². The average molecular weight is 432 g/mol. The Balaban J connectivity index is 1.52. The van der Waals surface area contributed by atoms with Crippen LogP contribution in [0.2, 0.25) is 0 Å². The third kappa shape index (κ3) is 3.77. The molecule has 0 saturated heterocycles. The standard InChI is InChI=1S/C22H20N6O4/c1-30-13-16-10-19(27-32-16)21-25-24-20-17-4-2-3-5-18(17)22(26-28(20)21)31-12-15-7-6-14(8-9-29)11-23-15/h2-7,10-11,29H,8-9,12-13H2,1H3. The number of fused-ring (bicyclic) bond motifs is 3. The van der Waals surface area contributed by atoms with Crippen LogP contribution >= 0.6 is 0 Å². The smallest absolute Gasteiger partial charge is 0.240 e. The van der Waals surface area contributed by atoms with Crippen molar-refractivity contribution in [3.8, 4) is 17.4 Å². The van der Waals surface area contributed by atoms with Gasteiger partial charge in [0.1, 0.15) is 13.2 Å². The molecule has 10 nitrogen and oxygen atoms in total. The molecule has 10 heteroatoms. The van der Waals surface area contributed by atoms with Crippen molar-refractivity contribution in [2.45, 2.75) is 19.6 Å². The predicted octanol–water partition coefficient (Wildman–Crippen LogP) is 2.59. The summed E-state index contributed by atoms with van der Waals surface area (Å²) in [5.74, 6) is 1.44. The summed E-state index contributed by atoms with van der Waals surface area (Å²) < 4.78 is 18.0. The van der Waals surface area contributed by atoms with Crippen molar-refractivity contribution in [2.24, 2.45) is 0 Å². The quantitative estimate of drug-likeness (QED) is 0.394. The molecule has 0 atom stereocenters. The van der Waals surface area contributed by atoms with Gasteiger partial charge in [-0.3, -0.25) is 4.98 Å². The average Bonchev–Trinajstić information content (AvgIpc) is 3.46. The van der Waals surface area contributed by atoms with E-state index >= 15 is 0 Å². The lowest BCUT2D eigenvalue weighted by atomic mass is 10.2. The van der Waals surface area contributed by atoms with Crippen LogP contribution < -0.4 is 4.74 Å². The Hall–Kier alpha value is -3.89. The van der Waals surface area contributed by atoms with Crippen molar-refractivity contribution in [3.05, 3.63) is 65.7 Å². The van der Waals surface area contributed by atoms with E-state index in [4.69, 9.17) is 19.1 Å². The molecule has 5 aromatic rings. The number of aliphatic hydroxyl groups is 1. The van der Waals surface area contributed by atoms with Crippen molar-refractivity contribution in [2.75, 3.05) is 13.7 Å². The van der Waals surface area contributed by atoms with Gasteiger partial charge < -0.3 is 19.1 Å². The van der Waals surface area contributed by atoms with E-state index in [9.17, 15) is 0 Å². The molecule has 32 heavy (non-hydrogen) atoms. The van der Waals surface area contributed by atoms with Crippen molar-refractivity contribution in [1.29, 1.82) is 0 Å². The van der Waals surface area contributed by atoms with Gasteiger partial charge in [-0.2, -0.15) is 4.52 Å². The second-order valence-electron chi connectivity index (χ2n) is 7.14. The second-order valence-corrected chi connectivity index (χ2v) is 7.14. The Labute approximate surface area is 182 Å². The number of aromatic nitrogens is 6. The monoisotopic (exact) mass is 432 g/mol. The van der Waals surface area contributed by atoms with Gasteiger partial charge in [-0.1, -0.05) is 29.4 Å². The Morgan fingerprint density at radius 1 is 1.06 bits per heavy atom. The highest BCUT2D eigenvalue weighted by atomic mass is 16.5. The Morgan fingerprint density at radius 3 is 2.72 bits per heavy atom. The SMILES string of the molecule is COCc1cc(-c2nnc3c4ccccc4c(OCc4ccc(CCO)cn4)nn23)no1. The van der Waals surface area contributed by atoms with Gasteiger partial charge in [-0.15, -0.1) is 15.3 Å². The zero-order chi connectivity index (χ0) is 21.9. The lowest BCUT2D eigenvalue weighted by Gasteiger charge is -2.09. The molecule has 0 spiro atoms. The normalized spacial score (nSPS) is 11.4. The molecule has 0 aliphatic heterocycles. The Kier molecular flexibility index (Phi) is 5.44. The fourth-order valence-electron chi connectivity index (χ4n) is 3.41. The van der Waals surface area contributed by atoms with Gasteiger partial charge in [0, 0.05) is 36.8 Å². The molecule has 0 aliphatic carbocycles. The number of hydrogen-bond acceptors (Lipinski definition) is 9. The molecular weight excluding hydrogens is 412 g/mol. The van der Waals surface area contributed by atoms with E-state index in [0.29, 0.717) is 41.8 Å². The molecular formula is C22H20N6O4. The lowest BCUT2D eigenvalue weighted by molar-refractivity contribution is 0.156. The van der Waals surface area contributed by atoms with Crippen LogP contribution in [0.25, 0.3) is 27.9 Å². The second kappa shape index (κ2) is 8.69. The van der Waals surface area contributed by atoms with Gasteiger partial charge in [-0.25, -0.2) is 0 Å². The summed E-state index contributed by atoms with van der Waals surface area (Å²) in [6.45, 7) is 0.632. The third-order valence-corrected chi connectivity index (χ3v) is 4.95. The summed E-state index contributed by atoms with van der Waals surface area (Å²) in [7, 11) is 1.58. The number of nitrogens with zero attached hydrogens (tertiary/aromatic N) is 6. The van der Waals surface area contributed by atoms with Crippen LogP contribution in [-0.4, -0.2) is 48.8 Å². The predicted molar refractivity (Wildman–Crippen MR) is 114 cm³/mol. The topological polar surface area (TPSA) is 121 Å². The lowest BCUT2D eigenvalue weighted by Crippen LogP contribution is -2.05. The molecule has 0 unspecified atom stereocenters. The molecule has 0 amide bonds. The van der Waals surface area contributed by atoms with E-state index in [-0.39, 0.29) is 13.2 Å². The molecule has 0 bridgehead atoms. The van der Waals surface area contributed by atoms with Crippen molar-refractivity contribution < 1.29 is 19.1 Å². The number of ether oxygens (including phenoxy) is 2. The van der Waals surface area contributed by atoms with E-state index in [1.807, 2.05) is 36.4 Å². The first kappa shape index (κ1) is 20.0. The summed E-state index contributed by atoms with van der Waals surface area (Å²) in [6.07, 6.45) is 2.31. The molecule has 4 heterocycles. The van der Waals surface area contributed by atoms with Crippen molar-refractivity contribution in [3.63, 3.8) is 0 Å². The first-order valence-electron chi connectivity index (χ1n) is 10.0. The van der Waals surface area contributed by atoms with Gasteiger partial charge in [0.25, 0.3) is 0 Å². The Morgan fingerprint density at radius 2 is 1.94 bits per heavy atom. The summed E-state index contributed by atoms with van der Waals surface area (Å²) in [6, 6.07) is 13.3. The van der Waals surface area contributed by atoms with Gasteiger partial charge >= 0.3 is 0 Å². The van der Waals surface area contributed by atoms with Gasteiger partial charge in [0.15, 0.2) is 17.1 Å². The van der Waals surface area contributed by atoms with Crippen LogP contribution in [0.5, 0.6) is 5.88 Å². The highest BCUT2D eigenvalue weighted by Crippen LogP contribution is 2.29. The van der Waals surface area contributed by atoms with Crippen LogP contribution in [0.1, 0.15) is 17.0 Å². The van der Waals surface area contributed by atoms with E-state index in [1.165, 1.54) is 0 Å². The third-order valence-electron chi connectivity index (χ3n) is 4.95. The summed E-state index contributed by atoms with van der Waals surface area (Å²) in [4.78, 5) is 4.40. The maximum atomic E-state index is 9.05. The maximum absolute atomic E-state index is 9.05. The largest absolute Gasteiger partial charge is 0.470 e. The van der Waals surface area contributed by atoms with Gasteiger partial charge in [-0.05, 0) is 24.1 Å². The summed E-state index contributed by atoms with van der Waals surface area (Å²) in [5.41, 5.74) is 2.81. The molecule has 5 rings (SSSR count). The van der Waals surface area contributed by atoms with E-state index in [1.54, 1.807) is 23.9 Å².